The first-order chi connectivity index (χ1) is 7.50. The molecular formula is C12H20ClN3. The van der Waals surface area contributed by atoms with Crippen LogP contribution in [0.4, 0.5) is 0 Å². The number of rotatable bonds is 4. The topological polar surface area (TPSA) is 43.8 Å². The van der Waals surface area contributed by atoms with E-state index in [1.807, 2.05) is 18.7 Å². The number of hydrogen-bond donors (Lipinski definition) is 1. The highest BCUT2D eigenvalue weighted by molar-refractivity contribution is 6.31. The summed E-state index contributed by atoms with van der Waals surface area (Å²) >= 11 is 6.22. The fourth-order valence-corrected chi connectivity index (χ4v) is 2.52. The van der Waals surface area contributed by atoms with Crippen LogP contribution >= 0.6 is 11.6 Å². The fourth-order valence-electron chi connectivity index (χ4n) is 2.28. The second kappa shape index (κ2) is 4.38. The normalized spacial score (nSPS) is 19.8. The molecule has 2 unspecified atom stereocenters. The molecule has 16 heavy (non-hydrogen) atoms. The van der Waals surface area contributed by atoms with Crippen LogP contribution in [-0.4, -0.2) is 15.8 Å². The third kappa shape index (κ3) is 2.25. The van der Waals surface area contributed by atoms with Gasteiger partial charge in [-0.2, -0.15) is 5.10 Å². The largest absolute Gasteiger partial charge is 0.327 e. The molecule has 4 heteroatoms. The van der Waals surface area contributed by atoms with Crippen LogP contribution in [0.1, 0.15) is 31.2 Å². The van der Waals surface area contributed by atoms with Crippen molar-refractivity contribution in [2.75, 3.05) is 0 Å². The first-order valence-corrected chi connectivity index (χ1v) is 6.32. The minimum Gasteiger partial charge on any atom is -0.327 e. The molecule has 90 valence electrons. The smallest absolute Gasteiger partial charge is 0.0847 e. The lowest BCUT2D eigenvalue weighted by molar-refractivity contribution is 0.398. The van der Waals surface area contributed by atoms with Gasteiger partial charge in [0.1, 0.15) is 0 Å². The third-order valence-corrected chi connectivity index (χ3v) is 4.22. The first kappa shape index (κ1) is 11.9. The Bertz CT molecular complexity index is 382. The predicted octanol–water partition coefficient (Wildman–Crippen LogP) is 2.30. The van der Waals surface area contributed by atoms with Crippen molar-refractivity contribution < 1.29 is 0 Å². The van der Waals surface area contributed by atoms with E-state index in [4.69, 9.17) is 17.3 Å². The van der Waals surface area contributed by atoms with Gasteiger partial charge < -0.3 is 5.73 Å². The summed E-state index contributed by atoms with van der Waals surface area (Å²) in [6.07, 6.45) is 3.51. The molecule has 0 spiro atoms. The molecule has 1 aliphatic carbocycles. The quantitative estimate of drug-likeness (QED) is 0.879. The Hall–Kier alpha value is -0.540. The van der Waals surface area contributed by atoms with Gasteiger partial charge in [-0.15, -0.1) is 0 Å². The van der Waals surface area contributed by atoms with Gasteiger partial charge in [-0.05, 0) is 31.6 Å². The maximum atomic E-state index is 6.24. The van der Waals surface area contributed by atoms with E-state index in [9.17, 15) is 0 Å². The van der Waals surface area contributed by atoms with Gasteiger partial charge in [0.15, 0.2) is 0 Å². The van der Waals surface area contributed by atoms with Gasteiger partial charge in [0.2, 0.25) is 0 Å². The van der Waals surface area contributed by atoms with Crippen LogP contribution in [0.15, 0.2) is 0 Å². The number of halogens is 1. The van der Waals surface area contributed by atoms with Crippen molar-refractivity contribution in [2.24, 2.45) is 24.6 Å². The molecule has 0 radical (unpaired) electrons. The van der Waals surface area contributed by atoms with Gasteiger partial charge in [-0.3, -0.25) is 4.68 Å². The van der Waals surface area contributed by atoms with Gasteiger partial charge in [0.05, 0.1) is 16.4 Å². The number of nitrogens with two attached hydrogens (primary N) is 1. The molecule has 1 aliphatic rings. The molecule has 2 N–H and O–H groups in total. The second-order valence-electron chi connectivity index (χ2n) is 5.03. The Balaban J connectivity index is 2.07. The lowest BCUT2D eigenvalue weighted by Crippen LogP contribution is -2.32. The molecule has 0 saturated heterocycles. The third-order valence-electron chi connectivity index (χ3n) is 3.73. The molecule has 0 amide bonds. The summed E-state index contributed by atoms with van der Waals surface area (Å²) in [5.41, 5.74) is 8.20. The zero-order valence-corrected chi connectivity index (χ0v) is 11.0. The van der Waals surface area contributed by atoms with Gasteiger partial charge in [0, 0.05) is 19.5 Å². The summed E-state index contributed by atoms with van der Waals surface area (Å²) in [7, 11) is 1.93. The van der Waals surface area contributed by atoms with Crippen molar-refractivity contribution in [2.45, 2.75) is 39.2 Å². The average molecular weight is 242 g/mol. The predicted molar refractivity (Wildman–Crippen MR) is 66.5 cm³/mol. The number of hydrogen-bond acceptors (Lipinski definition) is 2. The van der Waals surface area contributed by atoms with Crippen molar-refractivity contribution in [1.82, 2.24) is 9.78 Å². The lowest BCUT2D eigenvalue weighted by atomic mass is 9.94. The summed E-state index contributed by atoms with van der Waals surface area (Å²) in [6.45, 7) is 4.18. The molecule has 0 aromatic carbocycles. The zero-order chi connectivity index (χ0) is 11.9. The van der Waals surface area contributed by atoms with Crippen LogP contribution in [-0.2, 0) is 13.5 Å². The number of nitrogens with zero attached hydrogens (tertiary/aromatic N) is 2. The molecule has 1 heterocycles. The molecule has 2 atom stereocenters. The SMILES string of the molecule is Cc1nn(C)c(CC(N)C(C)C2CC2)c1Cl. The highest BCUT2D eigenvalue weighted by Crippen LogP contribution is 2.38. The van der Waals surface area contributed by atoms with Gasteiger partial charge in [0.25, 0.3) is 0 Å². The van der Waals surface area contributed by atoms with Gasteiger partial charge >= 0.3 is 0 Å². The Kier molecular flexibility index (Phi) is 3.27. The van der Waals surface area contributed by atoms with Gasteiger partial charge in [-0.25, -0.2) is 0 Å². The monoisotopic (exact) mass is 241 g/mol. The zero-order valence-electron chi connectivity index (χ0n) is 10.2. The summed E-state index contributed by atoms with van der Waals surface area (Å²) < 4.78 is 1.86. The summed E-state index contributed by atoms with van der Waals surface area (Å²) in [5, 5.41) is 5.09. The molecule has 0 bridgehead atoms. The average Bonchev–Trinajstić information content (AvgIpc) is 3.03. The molecular weight excluding hydrogens is 222 g/mol. The van der Waals surface area contributed by atoms with Crippen LogP contribution < -0.4 is 5.73 Å². The molecule has 1 aromatic heterocycles. The van der Waals surface area contributed by atoms with E-state index in [2.05, 4.69) is 12.0 Å². The number of aromatic nitrogens is 2. The number of aryl methyl sites for hydroxylation is 2. The van der Waals surface area contributed by atoms with E-state index in [0.717, 1.165) is 28.7 Å². The molecule has 1 saturated carbocycles. The highest BCUT2D eigenvalue weighted by Gasteiger charge is 2.32. The summed E-state index contributed by atoms with van der Waals surface area (Å²) in [6, 6.07) is 0.194. The van der Waals surface area contributed by atoms with E-state index < -0.39 is 0 Å². The maximum absolute atomic E-state index is 6.24. The van der Waals surface area contributed by atoms with Crippen LogP contribution in [0.5, 0.6) is 0 Å². The van der Waals surface area contributed by atoms with Crippen molar-refractivity contribution in [3.8, 4) is 0 Å². The van der Waals surface area contributed by atoms with E-state index in [1.165, 1.54) is 12.8 Å². The Morgan fingerprint density at radius 1 is 1.56 bits per heavy atom. The molecule has 1 aromatic rings. The van der Waals surface area contributed by atoms with Crippen LogP contribution in [0.2, 0.25) is 5.02 Å². The van der Waals surface area contributed by atoms with E-state index in [1.54, 1.807) is 0 Å². The van der Waals surface area contributed by atoms with E-state index in [0.29, 0.717) is 5.92 Å². The highest BCUT2D eigenvalue weighted by atomic mass is 35.5. The fraction of sp³-hybridized carbons (Fsp3) is 0.750. The van der Waals surface area contributed by atoms with Crippen molar-refractivity contribution >= 4 is 11.6 Å². The Labute approximate surface area is 102 Å². The summed E-state index contributed by atoms with van der Waals surface area (Å²) in [4.78, 5) is 0. The van der Waals surface area contributed by atoms with E-state index in [-0.39, 0.29) is 6.04 Å². The van der Waals surface area contributed by atoms with Crippen molar-refractivity contribution in [3.05, 3.63) is 16.4 Å². The molecule has 0 aliphatic heterocycles. The minimum absolute atomic E-state index is 0.194. The summed E-state index contributed by atoms with van der Waals surface area (Å²) in [5.74, 6) is 1.43. The van der Waals surface area contributed by atoms with Crippen LogP contribution in [0, 0.1) is 18.8 Å². The molecule has 3 nitrogen and oxygen atoms in total. The van der Waals surface area contributed by atoms with E-state index >= 15 is 0 Å². The van der Waals surface area contributed by atoms with Crippen molar-refractivity contribution in [3.63, 3.8) is 0 Å². The van der Waals surface area contributed by atoms with Crippen LogP contribution in [0.3, 0.4) is 0 Å². The Morgan fingerprint density at radius 2 is 2.19 bits per heavy atom. The second-order valence-corrected chi connectivity index (χ2v) is 5.41. The molecule has 1 fully saturated rings. The maximum Gasteiger partial charge on any atom is 0.0847 e. The van der Waals surface area contributed by atoms with Gasteiger partial charge in [-0.1, -0.05) is 18.5 Å². The lowest BCUT2D eigenvalue weighted by Gasteiger charge is -2.19. The Morgan fingerprint density at radius 3 is 2.62 bits per heavy atom. The minimum atomic E-state index is 0.194. The van der Waals surface area contributed by atoms with Crippen molar-refractivity contribution in [1.29, 1.82) is 0 Å². The standard InChI is InChI=1S/C12H20ClN3/c1-7(9-4-5-9)10(14)6-11-12(13)8(2)15-16(11)3/h7,9-10H,4-6,14H2,1-3H3. The molecule has 2 rings (SSSR count). The first-order valence-electron chi connectivity index (χ1n) is 5.94. The van der Waals surface area contributed by atoms with Crippen LogP contribution in [0.25, 0.3) is 0 Å².